The second kappa shape index (κ2) is 2.82. The summed E-state index contributed by atoms with van der Waals surface area (Å²) < 4.78 is 0. The van der Waals surface area contributed by atoms with Crippen LogP contribution in [-0.4, -0.2) is 10.9 Å². The van der Waals surface area contributed by atoms with Crippen LogP contribution in [0.25, 0.3) is 0 Å². The third-order valence-electron chi connectivity index (χ3n) is 2.29. The number of aliphatic hydroxyl groups excluding tert-OH is 1. The van der Waals surface area contributed by atoms with Crippen LogP contribution in [0.15, 0.2) is 35.9 Å². The Balaban J connectivity index is 2.62. The average Bonchev–Trinajstić information content (AvgIpc) is 2.15. The Hall–Kier alpha value is -1.41. The number of rotatable bonds is 0. The Morgan fingerprint density at radius 3 is 2.77 bits per heavy atom. The van der Waals surface area contributed by atoms with Gasteiger partial charge >= 0.3 is 0 Å². The lowest BCUT2D eigenvalue weighted by Crippen LogP contribution is -2.13. The van der Waals surface area contributed by atoms with Crippen molar-refractivity contribution in [1.82, 2.24) is 0 Å². The Morgan fingerprint density at radius 2 is 2.00 bits per heavy atom. The van der Waals surface area contributed by atoms with E-state index in [1.807, 2.05) is 12.1 Å². The zero-order valence-corrected chi connectivity index (χ0v) is 7.32. The smallest absolute Gasteiger partial charge is 0.188 e. The van der Waals surface area contributed by atoms with Crippen molar-refractivity contribution in [2.75, 3.05) is 0 Å². The molecule has 0 radical (unpaired) electrons. The van der Waals surface area contributed by atoms with E-state index in [2.05, 4.69) is 0 Å². The number of aliphatic hydroxyl groups is 1. The number of benzene rings is 1. The largest absolute Gasteiger partial charge is 0.384 e. The van der Waals surface area contributed by atoms with Crippen LogP contribution in [0.1, 0.15) is 28.9 Å². The lowest BCUT2D eigenvalue weighted by atomic mass is 9.89. The summed E-state index contributed by atoms with van der Waals surface area (Å²) in [4.78, 5) is 11.6. The molecule has 13 heavy (non-hydrogen) atoms. The molecule has 1 aromatic rings. The number of carbonyl (C=O) groups excluding carboxylic acids is 1. The predicted molar refractivity (Wildman–Crippen MR) is 49.5 cm³/mol. The molecule has 0 bridgehead atoms. The van der Waals surface area contributed by atoms with Crippen molar-refractivity contribution >= 4 is 5.78 Å². The molecule has 0 saturated heterocycles. The first kappa shape index (κ1) is 8.20. The van der Waals surface area contributed by atoms with Crippen molar-refractivity contribution in [2.24, 2.45) is 0 Å². The number of hydrogen-bond acceptors (Lipinski definition) is 2. The van der Waals surface area contributed by atoms with Gasteiger partial charge in [0.25, 0.3) is 0 Å². The van der Waals surface area contributed by atoms with E-state index in [1.165, 1.54) is 0 Å². The monoisotopic (exact) mass is 174 g/mol. The summed E-state index contributed by atoms with van der Waals surface area (Å²) in [7, 11) is 0. The minimum atomic E-state index is -0.631. The van der Waals surface area contributed by atoms with Gasteiger partial charge in [-0.3, -0.25) is 4.79 Å². The number of Topliss-reactive ketones (excluding diaryl/α,β-unsaturated/α-hetero) is 1. The van der Waals surface area contributed by atoms with E-state index in [0.29, 0.717) is 16.7 Å². The molecule has 0 heterocycles. The summed E-state index contributed by atoms with van der Waals surface area (Å²) in [5.74, 6) is 0.0147. The van der Waals surface area contributed by atoms with Crippen LogP contribution in [0, 0.1) is 0 Å². The van der Waals surface area contributed by atoms with Gasteiger partial charge in [-0.1, -0.05) is 24.3 Å². The Kier molecular flexibility index (Phi) is 1.78. The summed E-state index contributed by atoms with van der Waals surface area (Å²) in [5, 5.41) is 9.62. The molecule has 2 rings (SSSR count). The zero-order chi connectivity index (χ0) is 9.42. The summed E-state index contributed by atoms with van der Waals surface area (Å²) in [6.07, 6.45) is 0.957. The van der Waals surface area contributed by atoms with Gasteiger partial charge in [-0.2, -0.15) is 0 Å². The van der Waals surface area contributed by atoms with E-state index in [-0.39, 0.29) is 5.78 Å². The maximum absolute atomic E-state index is 11.6. The molecule has 2 nitrogen and oxygen atoms in total. The maximum atomic E-state index is 11.6. The highest BCUT2D eigenvalue weighted by molar-refractivity contribution is 6.10. The first-order valence-corrected chi connectivity index (χ1v) is 4.20. The molecule has 1 aromatic carbocycles. The van der Waals surface area contributed by atoms with E-state index in [4.69, 9.17) is 0 Å². The van der Waals surface area contributed by atoms with E-state index in [1.54, 1.807) is 25.1 Å². The minimum absolute atomic E-state index is 0.0147. The molecule has 1 N–H and O–H groups in total. The Labute approximate surface area is 76.5 Å². The standard InChI is InChI=1S/C11H10O2/c1-7-6-10(12)8-4-2-3-5-9(8)11(7)13/h2-6,10,12H,1H3. The summed E-state index contributed by atoms with van der Waals surface area (Å²) in [5.41, 5.74) is 1.94. The molecule has 0 saturated carbocycles. The lowest BCUT2D eigenvalue weighted by Gasteiger charge is -2.17. The molecule has 0 spiro atoms. The number of allylic oxidation sites excluding steroid dienone is 1. The molecular weight excluding hydrogens is 164 g/mol. The van der Waals surface area contributed by atoms with Crippen LogP contribution in [0.2, 0.25) is 0 Å². The number of hydrogen-bond donors (Lipinski definition) is 1. The molecule has 1 aliphatic rings. The highest BCUT2D eigenvalue weighted by atomic mass is 16.3. The van der Waals surface area contributed by atoms with Gasteiger partial charge in [-0.05, 0) is 24.1 Å². The Bertz CT molecular complexity index is 391. The molecular formula is C11H10O2. The number of ketones is 1. The minimum Gasteiger partial charge on any atom is -0.384 e. The molecule has 2 heteroatoms. The van der Waals surface area contributed by atoms with E-state index in [9.17, 15) is 9.90 Å². The van der Waals surface area contributed by atoms with E-state index >= 15 is 0 Å². The van der Waals surface area contributed by atoms with Crippen molar-refractivity contribution in [2.45, 2.75) is 13.0 Å². The Morgan fingerprint density at radius 1 is 1.31 bits per heavy atom. The average molecular weight is 174 g/mol. The van der Waals surface area contributed by atoms with Gasteiger partial charge in [0.1, 0.15) is 0 Å². The van der Waals surface area contributed by atoms with Crippen LogP contribution in [0.4, 0.5) is 0 Å². The van der Waals surface area contributed by atoms with Crippen LogP contribution >= 0.6 is 0 Å². The van der Waals surface area contributed by atoms with Gasteiger partial charge in [0.2, 0.25) is 0 Å². The first-order chi connectivity index (χ1) is 6.20. The maximum Gasteiger partial charge on any atom is 0.188 e. The molecule has 1 atom stereocenters. The van der Waals surface area contributed by atoms with E-state index < -0.39 is 6.10 Å². The fraction of sp³-hybridized carbons (Fsp3) is 0.182. The van der Waals surface area contributed by atoms with Crippen molar-refractivity contribution in [3.63, 3.8) is 0 Å². The molecule has 0 fully saturated rings. The normalized spacial score (nSPS) is 20.9. The van der Waals surface area contributed by atoms with Crippen LogP contribution < -0.4 is 0 Å². The van der Waals surface area contributed by atoms with Gasteiger partial charge in [0.05, 0.1) is 6.10 Å². The number of fused-ring (bicyclic) bond motifs is 1. The van der Waals surface area contributed by atoms with Gasteiger partial charge < -0.3 is 5.11 Å². The molecule has 66 valence electrons. The fourth-order valence-electron chi connectivity index (χ4n) is 1.58. The van der Waals surface area contributed by atoms with Crippen LogP contribution in [0.5, 0.6) is 0 Å². The van der Waals surface area contributed by atoms with Gasteiger partial charge in [0.15, 0.2) is 5.78 Å². The van der Waals surface area contributed by atoms with Crippen LogP contribution in [0.3, 0.4) is 0 Å². The molecule has 0 aliphatic heterocycles. The van der Waals surface area contributed by atoms with E-state index in [0.717, 1.165) is 0 Å². The summed E-state index contributed by atoms with van der Waals surface area (Å²) >= 11 is 0. The fourth-order valence-corrected chi connectivity index (χ4v) is 1.58. The predicted octanol–water partition coefficient (Wildman–Crippen LogP) is 1.86. The summed E-state index contributed by atoms with van der Waals surface area (Å²) in [6.45, 7) is 1.72. The van der Waals surface area contributed by atoms with Gasteiger partial charge in [0, 0.05) is 5.56 Å². The van der Waals surface area contributed by atoms with Gasteiger partial charge in [-0.25, -0.2) is 0 Å². The highest BCUT2D eigenvalue weighted by Crippen LogP contribution is 2.27. The van der Waals surface area contributed by atoms with Crippen molar-refractivity contribution in [3.05, 3.63) is 47.0 Å². The first-order valence-electron chi connectivity index (χ1n) is 4.20. The lowest BCUT2D eigenvalue weighted by molar-refractivity contribution is 0.101. The summed E-state index contributed by atoms with van der Waals surface area (Å²) in [6, 6.07) is 7.16. The third kappa shape index (κ3) is 1.19. The second-order valence-electron chi connectivity index (χ2n) is 3.21. The van der Waals surface area contributed by atoms with Crippen molar-refractivity contribution < 1.29 is 9.90 Å². The molecule has 0 amide bonds. The zero-order valence-electron chi connectivity index (χ0n) is 7.32. The molecule has 0 aromatic heterocycles. The second-order valence-corrected chi connectivity index (χ2v) is 3.21. The SMILES string of the molecule is CC1=CC(O)c2ccccc2C1=O. The quantitative estimate of drug-likeness (QED) is 0.651. The highest BCUT2D eigenvalue weighted by Gasteiger charge is 2.22. The number of carbonyl (C=O) groups is 1. The van der Waals surface area contributed by atoms with Gasteiger partial charge in [-0.15, -0.1) is 0 Å². The van der Waals surface area contributed by atoms with Crippen LogP contribution in [-0.2, 0) is 0 Å². The van der Waals surface area contributed by atoms with Crippen molar-refractivity contribution in [1.29, 1.82) is 0 Å². The molecule has 1 aliphatic carbocycles. The topological polar surface area (TPSA) is 37.3 Å². The van der Waals surface area contributed by atoms with Crippen molar-refractivity contribution in [3.8, 4) is 0 Å². The molecule has 1 unspecified atom stereocenters. The third-order valence-corrected chi connectivity index (χ3v) is 2.29.